The maximum absolute atomic E-state index is 11.7. The van der Waals surface area contributed by atoms with Crippen LogP contribution in [0.5, 0.6) is 5.75 Å². The third kappa shape index (κ3) is 6.18. The Bertz CT molecular complexity index is 696. The second-order valence-electron chi connectivity index (χ2n) is 5.54. The fraction of sp³-hybridized carbons (Fsp3) is 0.263. The van der Waals surface area contributed by atoms with Gasteiger partial charge in [-0.1, -0.05) is 37.6 Å². The first-order chi connectivity index (χ1) is 12.1. The average Bonchev–Trinajstić information content (AvgIpc) is 2.62. The summed E-state index contributed by atoms with van der Waals surface area (Å²) in [7, 11) is 0. The van der Waals surface area contributed by atoms with Crippen LogP contribution in [-0.4, -0.2) is 23.8 Å². The predicted octanol–water partition coefficient (Wildman–Crippen LogP) is 3.17. The van der Waals surface area contributed by atoms with Crippen molar-refractivity contribution in [2.75, 3.05) is 6.73 Å². The summed E-state index contributed by atoms with van der Waals surface area (Å²) in [5, 5.41) is 14.1. The monoisotopic (exact) mass is 342 g/mol. The Kier molecular flexibility index (Phi) is 6.83. The summed E-state index contributed by atoms with van der Waals surface area (Å²) in [5.41, 5.74) is 2.29. The van der Waals surface area contributed by atoms with Crippen molar-refractivity contribution < 1.29 is 19.4 Å². The Morgan fingerprint density at radius 2 is 1.60 bits per heavy atom. The standard InChI is InChI=1S/C19H22N2O4/c1-2-3-14-6-10-17(11-7-14)25-13-21-19(24)20-12-15-4-8-16(9-5-15)18(22)23/h4-11H,2-3,12-13H2,1H3,(H,22,23)(H2,20,21,24). The summed E-state index contributed by atoms with van der Waals surface area (Å²) in [5.74, 6) is -0.276. The molecule has 0 aliphatic rings. The van der Waals surface area contributed by atoms with Gasteiger partial charge in [-0.3, -0.25) is 0 Å². The van der Waals surface area contributed by atoms with E-state index >= 15 is 0 Å². The van der Waals surface area contributed by atoms with Crippen LogP contribution in [-0.2, 0) is 13.0 Å². The fourth-order valence-corrected chi connectivity index (χ4v) is 2.24. The molecule has 2 rings (SSSR count). The zero-order valence-electron chi connectivity index (χ0n) is 14.1. The Balaban J connectivity index is 1.69. The molecule has 0 radical (unpaired) electrons. The molecule has 0 heterocycles. The van der Waals surface area contributed by atoms with Crippen molar-refractivity contribution in [2.45, 2.75) is 26.3 Å². The highest BCUT2D eigenvalue weighted by Crippen LogP contribution is 2.12. The number of amides is 2. The Morgan fingerprint density at radius 3 is 2.20 bits per heavy atom. The van der Waals surface area contributed by atoms with Crippen LogP contribution in [0.15, 0.2) is 48.5 Å². The number of carbonyl (C=O) groups excluding carboxylic acids is 1. The van der Waals surface area contributed by atoms with Crippen LogP contribution in [0.3, 0.4) is 0 Å². The third-order valence-electron chi connectivity index (χ3n) is 3.59. The summed E-state index contributed by atoms with van der Waals surface area (Å²) in [4.78, 5) is 22.5. The van der Waals surface area contributed by atoms with E-state index in [1.165, 1.54) is 17.7 Å². The highest BCUT2D eigenvalue weighted by Gasteiger charge is 2.04. The summed E-state index contributed by atoms with van der Waals surface area (Å²) in [6, 6.07) is 13.8. The van der Waals surface area contributed by atoms with Gasteiger partial charge in [0, 0.05) is 6.54 Å². The third-order valence-corrected chi connectivity index (χ3v) is 3.59. The smallest absolute Gasteiger partial charge is 0.335 e. The lowest BCUT2D eigenvalue weighted by Gasteiger charge is -2.10. The predicted molar refractivity (Wildman–Crippen MR) is 94.7 cm³/mol. The molecule has 6 nitrogen and oxygen atoms in total. The lowest BCUT2D eigenvalue weighted by Crippen LogP contribution is -2.37. The van der Waals surface area contributed by atoms with Gasteiger partial charge in [-0.25, -0.2) is 9.59 Å². The molecule has 3 N–H and O–H groups in total. The summed E-state index contributed by atoms with van der Waals surface area (Å²) in [6.07, 6.45) is 2.13. The zero-order chi connectivity index (χ0) is 18.1. The molecule has 132 valence electrons. The van der Waals surface area contributed by atoms with Crippen molar-refractivity contribution in [2.24, 2.45) is 0 Å². The molecule has 0 spiro atoms. The van der Waals surface area contributed by atoms with E-state index < -0.39 is 5.97 Å². The Hall–Kier alpha value is -3.02. The molecule has 0 atom stereocenters. The van der Waals surface area contributed by atoms with Crippen LogP contribution < -0.4 is 15.4 Å². The van der Waals surface area contributed by atoms with Crippen LogP contribution in [0.4, 0.5) is 4.79 Å². The van der Waals surface area contributed by atoms with Gasteiger partial charge in [0.1, 0.15) is 5.75 Å². The molecule has 0 bridgehead atoms. The van der Waals surface area contributed by atoms with Crippen LogP contribution in [0, 0.1) is 0 Å². The SMILES string of the molecule is CCCc1ccc(OCNC(=O)NCc2ccc(C(=O)O)cc2)cc1. The van der Waals surface area contributed by atoms with Gasteiger partial charge >= 0.3 is 12.0 Å². The molecule has 6 heteroatoms. The molecule has 0 aliphatic heterocycles. The van der Waals surface area contributed by atoms with Gasteiger partial charge in [-0.2, -0.15) is 0 Å². The van der Waals surface area contributed by atoms with Gasteiger partial charge in [0.15, 0.2) is 6.73 Å². The molecule has 0 unspecified atom stereocenters. The number of hydrogen-bond acceptors (Lipinski definition) is 3. The lowest BCUT2D eigenvalue weighted by atomic mass is 10.1. The lowest BCUT2D eigenvalue weighted by molar-refractivity contribution is 0.0697. The number of aromatic carboxylic acids is 1. The quantitative estimate of drug-likeness (QED) is 0.643. The Labute approximate surface area is 146 Å². The molecule has 0 saturated heterocycles. The zero-order valence-corrected chi connectivity index (χ0v) is 14.1. The van der Waals surface area contributed by atoms with E-state index in [-0.39, 0.29) is 18.3 Å². The van der Waals surface area contributed by atoms with Crippen molar-refractivity contribution in [3.8, 4) is 5.75 Å². The van der Waals surface area contributed by atoms with Crippen molar-refractivity contribution in [1.82, 2.24) is 10.6 Å². The van der Waals surface area contributed by atoms with E-state index in [0.717, 1.165) is 18.4 Å². The Morgan fingerprint density at radius 1 is 0.960 bits per heavy atom. The van der Waals surface area contributed by atoms with Gasteiger partial charge < -0.3 is 20.5 Å². The van der Waals surface area contributed by atoms with E-state index in [0.29, 0.717) is 12.3 Å². The van der Waals surface area contributed by atoms with Gasteiger partial charge in [0.25, 0.3) is 0 Å². The van der Waals surface area contributed by atoms with Gasteiger partial charge in [0.2, 0.25) is 0 Å². The molecule has 2 amide bonds. The molecule has 2 aromatic rings. The second-order valence-corrected chi connectivity index (χ2v) is 5.54. The van der Waals surface area contributed by atoms with Crippen LogP contribution in [0.1, 0.15) is 34.8 Å². The fourth-order valence-electron chi connectivity index (χ4n) is 2.24. The first-order valence-corrected chi connectivity index (χ1v) is 8.14. The number of carbonyl (C=O) groups is 2. The number of urea groups is 1. The topological polar surface area (TPSA) is 87.7 Å². The number of carboxylic acid groups (broad SMARTS) is 1. The summed E-state index contributed by atoms with van der Waals surface area (Å²) in [6.45, 7) is 2.50. The second kappa shape index (κ2) is 9.32. The molecular weight excluding hydrogens is 320 g/mol. The molecule has 0 saturated carbocycles. The maximum Gasteiger partial charge on any atom is 0.335 e. The molecule has 0 aliphatic carbocycles. The van der Waals surface area contributed by atoms with E-state index in [1.54, 1.807) is 12.1 Å². The normalized spacial score (nSPS) is 10.1. The first-order valence-electron chi connectivity index (χ1n) is 8.14. The van der Waals surface area contributed by atoms with Crippen molar-refractivity contribution in [1.29, 1.82) is 0 Å². The number of hydrogen-bond donors (Lipinski definition) is 3. The van der Waals surface area contributed by atoms with Crippen molar-refractivity contribution >= 4 is 12.0 Å². The minimum atomic E-state index is -0.975. The average molecular weight is 342 g/mol. The number of aryl methyl sites for hydroxylation is 1. The van der Waals surface area contributed by atoms with E-state index in [4.69, 9.17) is 9.84 Å². The minimum Gasteiger partial charge on any atom is -0.478 e. The van der Waals surface area contributed by atoms with Crippen LogP contribution >= 0.6 is 0 Å². The first kappa shape index (κ1) is 18.3. The van der Waals surface area contributed by atoms with E-state index in [9.17, 15) is 9.59 Å². The number of carboxylic acids is 1. The van der Waals surface area contributed by atoms with E-state index in [2.05, 4.69) is 17.6 Å². The highest BCUT2D eigenvalue weighted by atomic mass is 16.5. The maximum atomic E-state index is 11.7. The number of ether oxygens (including phenoxy) is 1. The van der Waals surface area contributed by atoms with Crippen molar-refractivity contribution in [3.05, 3.63) is 65.2 Å². The van der Waals surface area contributed by atoms with Gasteiger partial charge in [-0.05, 0) is 41.8 Å². The number of benzene rings is 2. The van der Waals surface area contributed by atoms with Crippen LogP contribution in [0.25, 0.3) is 0 Å². The highest BCUT2D eigenvalue weighted by molar-refractivity contribution is 5.87. The van der Waals surface area contributed by atoms with Gasteiger partial charge in [-0.15, -0.1) is 0 Å². The van der Waals surface area contributed by atoms with Crippen molar-refractivity contribution in [3.63, 3.8) is 0 Å². The summed E-state index contributed by atoms with van der Waals surface area (Å²) < 4.78 is 5.47. The molecule has 2 aromatic carbocycles. The molecule has 0 aromatic heterocycles. The molecule has 0 fully saturated rings. The number of rotatable bonds is 8. The summed E-state index contributed by atoms with van der Waals surface area (Å²) >= 11 is 0. The van der Waals surface area contributed by atoms with Gasteiger partial charge in [0.05, 0.1) is 5.56 Å². The number of nitrogens with one attached hydrogen (secondary N) is 2. The van der Waals surface area contributed by atoms with Crippen LogP contribution in [0.2, 0.25) is 0 Å². The largest absolute Gasteiger partial charge is 0.478 e. The molecular formula is C19H22N2O4. The van der Waals surface area contributed by atoms with E-state index in [1.807, 2.05) is 24.3 Å². The minimum absolute atomic E-state index is 0.0664. The molecule has 25 heavy (non-hydrogen) atoms.